The van der Waals surface area contributed by atoms with Crippen LogP contribution in [0.15, 0.2) is 34.3 Å². The number of thioether (sulfide) groups is 1. The van der Waals surface area contributed by atoms with Gasteiger partial charge in [0.25, 0.3) is 5.56 Å². The van der Waals surface area contributed by atoms with Gasteiger partial charge in [0.1, 0.15) is 5.82 Å². The number of halogens is 1. The van der Waals surface area contributed by atoms with Crippen LogP contribution in [0.2, 0.25) is 5.02 Å². The Bertz CT molecular complexity index is 603. The van der Waals surface area contributed by atoms with Crippen LogP contribution < -0.4 is 16.8 Å². The number of aromatic amines is 1. The number of pyridine rings is 1. The predicted molar refractivity (Wildman–Crippen MR) is 71.5 cm³/mol. The summed E-state index contributed by atoms with van der Waals surface area (Å²) in [7, 11) is 0. The number of H-pyrrole nitrogens is 1. The molecule has 0 saturated carbocycles. The molecule has 8 heteroatoms. The van der Waals surface area contributed by atoms with Crippen LogP contribution in [-0.4, -0.2) is 15.0 Å². The van der Waals surface area contributed by atoms with Crippen molar-refractivity contribution in [2.75, 3.05) is 5.43 Å². The second kappa shape index (κ2) is 5.85. The van der Waals surface area contributed by atoms with Gasteiger partial charge in [-0.1, -0.05) is 23.4 Å². The van der Waals surface area contributed by atoms with Gasteiger partial charge >= 0.3 is 0 Å². The Balaban J connectivity index is 2.12. The quantitative estimate of drug-likeness (QED) is 0.340. The first kappa shape index (κ1) is 12.9. The van der Waals surface area contributed by atoms with E-state index < -0.39 is 0 Å². The van der Waals surface area contributed by atoms with Gasteiger partial charge in [-0.25, -0.2) is 15.8 Å². The van der Waals surface area contributed by atoms with Crippen LogP contribution >= 0.6 is 23.4 Å². The highest BCUT2D eigenvalue weighted by Crippen LogP contribution is 2.23. The lowest BCUT2D eigenvalue weighted by atomic mass is 10.4. The Hall–Kier alpha value is -1.57. The molecule has 0 unspecified atom stereocenters. The van der Waals surface area contributed by atoms with Crippen LogP contribution in [0.1, 0.15) is 5.69 Å². The van der Waals surface area contributed by atoms with Crippen LogP contribution in [0.25, 0.3) is 0 Å². The van der Waals surface area contributed by atoms with Crippen molar-refractivity contribution in [2.24, 2.45) is 5.84 Å². The smallest absolute Gasteiger partial charge is 0.251 e. The molecule has 0 atom stereocenters. The van der Waals surface area contributed by atoms with E-state index in [0.717, 1.165) is 0 Å². The topological polar surface area (TPSA) is 96.7 Å². The molecule has 0 amide bonds. The molecule has 0 bridgehead atoms. The largest absolute Gasteiger partial charge is 0.308 e. The Morgan fingerprint density at radius 3 is 3.00 bits per heavy atom. The highest BCUT2D eigenvalue weighted by molar-refractivity contribution is 7.98. The lowest BCUT2D eigenvalue weighted by Crippen LogP contribution is -2.09. The lowest BCUT2D eigenvalue weighted by Gasteiger charge is -2.05. The summed E-state index contributed by atoms with van der Waals surface area (Å²) >= 11 is 7.35. The van der Waals surface area contributed by atoms with E-state index >= 15 is 0 Å². The summed E-state index contributed by atoms with van der Waals surface area (Å²) in [5, 5.41) is 1.06. The number of nitrogens with one attached hydrogen (secondary N) is 2. The number of nitrogens with two attached hydrogens (primary N) is 1. The van der Waals surface area contributed by atoms with E-state index in [1.165, 1.54) is 24.0 Å². The molecule has 0 aliphatic heterocycles. The van der Waals surface area contributed by atoms with Crippen LogP contribution in [0.4, 0.5) is 5.82 Å². The van der Waals surface area contributed by atoms with Gasteiger partial charge in [0.2, 0.25) is 0 Å². The molecule has 6 nitrogen and oxygen atoms in total. The molecule has 0 saturated heterocycles. The average Bonchev–Trinajstić information content (AvgIpc) is 2.38. The van der Waals surface area contributed by atoms with Gasteiger partial charge in [0.15, 0.2) is 5.16 Å². The predicted octanol–water partition coefficient (Wildman–Crippen LogP) is 1.40. The summed E-state index contributed by atoms with van der Waals surface area (Å²) in [5.74, 6) is 6.29. The van der Waals surface area contributed by atoms with E-state index in [0.29, 0.717) is 27.4 Å². The maximum atomic E-state index is 11.1. The second-order valence-electron chi connectivity index (χ2n) is 3.30. The monoisotopic (exact) mass is 283 g/mol. The number of anilines is 1. The van der Waals surface area contributed by atoms with Crippen molar-refractivity contribution in [1.82, 2.24) is 15.0 Å². The SMILES string of the molecule is NNc1ccc(Cl)c(CSc2nccc(=O)[nH]2)n1. The first-order valence-electron chi connectivity index (χ1n) is 4.99. The molecule has 2 aromatic rings. The number of nitrogens with zero attached hydrogens (tertiary/aromatic N) is 2. The van der Waals surface area contributed by atoms with Crippen LogP contribution in [0.5, 0.6) is 0 Å². The Labute approximate surface area is 112 Å². The maximum Gasteiger partial charge on any atom is 0.251 e. The fraction of sp³-hybridized carbons (Fsp3) is 0.100. The van der Waals surface area contributed by atoms with Gasteiger partial charge in [-0.15, -0.1) is 0 Å². The minimum absolute atomic E-state index is 0.191. The first-order chi connectivity index (χ1) is 8.69. The molecule has 0 fully saturated rings. The third-order valence-electron chi connectivity index (χ3n) is 2.06. The molecule has 0 radical (unpaired) electrons. The summed E-state index contributed by atoms with van der Waals surface area (Å²) in [5.41, 5.74) is 2.93. The molecule has 4 N–H and O–H groups in total. The van der Waals surface area contributed by atoms with Crippen molar-refractivity contribution in [3.8, 4) is 0 Å². The molecule has 2 aromatic heterocycles. The van der Waals surface area contributed by atoms with Gasteiger partial charge in [-0.2, -0.15) is 0 Å². The molecule has 2 heterocycles. The van der Waals surface area contributed by atoms with Gasteiger partial charge in [-0.05, 0) is 12.1 Å². The molecule has 94 valence electrons. The molecule has 0 spiro atoms. The van der Waals surface area contributed by atoms with E-state index in [9.17, 15) is 4.79 Å². The number of aromatic nitrogens is 3. The number of hydrogen-bond acceptors (Lipinski definition) is 6. The zero-order chi connectivity index (χ0) is 13.0. The first-order valence-corrected chi connectivity index (χ1v) is 6.35. The summed E-state index contributed by atoms with van der Waals surface area (Å²) in [6.45, 7) is 0. The number of nitrogen functional groups attached to an aromatic ring is 1. The molecule has 2 rings (SSSR count). The lowest BCUT2D eigenvalue weighted by molar-refractivity contribution is 0.935. The van der Waals surface area contributed by atoms with Crippen molar-refractivity contribution in [2.45, 2.75) is 10.9 Å². The van der Waals surface area contributed by atoms with E-state index in [4.69, 9.17) is 17.4 Å². The molecular weight excluding hydrogens is 274 g/mol. The number of hydrogen-bond donors (Lipinski definition) is 3. The highest BCUT2D eigenvalue weighted by atomic mass is 35.5. The second-order valence-corrected chi connectivity index (χ2v) is 4.67. The van der Waals surface area contributed by atoms with E-state index in [1.54, 1.807) is 12.1 Å². The Kier molecular flexibility index (Phi) is 4.19. The highest BCUT2D eigenvalue weighted by Gasteiger charge is 2.05. The van der Waals surface area contributed by atoms with E-state index in [2.05, 4.69) is 20.4 Å². The van der Waals surface area contributed by atoms with Gasteiger partial charge in [0, 0.05) is 18.0 Å². The van der Waals surface area contributed by atoms with Crippen molar-refractivity contribution in [1.29, 1.82) is 0 Å². The van der Waals surface area contributed by atoms with Crippen molar-refractivity contribution >= 4 is 29.2 Å². The summed E-state index contributed by atoms with van der Waals surface area (Å²) < 4.78 is 0. The zero-order valence-corrected chi connectivity index (χ0v) is 10.8. The third-order valence-corrected chi connectivity index (χ3v) is 3.30. The Morgan fingerprint density at radius 2 is 2.28 bits per heavy atom. The van der Waals surface area contributed by atoms with Gasteiger partial charge in [-0.3, -0.25) is 4.79 Å². The van der Waals surface area contributed by atoms with Crippen LogP contribution in [-0.2, 0) is 5.75 Å². The van der Waals surface area contributed by atoms with E-state index in [1.807, 2.05) is 0 Å². The summed E-state index contributed by atoms with van der Waals surface area (Å²) in [4.78, 5) is 21.9. The molecule has 0 aromatic carbocycles. The average molecular weight is 284 g/mol. The molecular formula is C10H10ClN5OS. The Morgan fingerprint density at radius 1 is 1.44 bits per heavy atom. The summed E-state index contributed by atoms with van der Waals surface area (Å²) in [6.07, 6.45) is 1.45. The molecule has 0 aliphatic carbocycles. The minimum Gasteiger partial charge on any atom is -0.308 e. The zero-order valence-electron chi connectivity index (χ0n) is 9.18. The van der Waals surface area contributed by atoms with Crippen LogP contribution in [0, 0.1) is 0 Å². The number of rotatable bonds is 4. The maximum absolute atomic E-state index is 11.1. The standard InChI is InChI=1S/C10H10ClN5OS/c11-6-1-2-8(16-12)14-7(6)5-18-10-13-4-3-9(17)15-10/h1-4H,5,12H2,(H,14,16)(H,13,15,17). The molecule has 18 heavy (non-hydrogen) atoms. The van der Waals surface area contributed by atoms with Crippen molar-refractivity contribution in [3.63, 3.8) is 0 Å². The van der Waals surface area contributed by atoms with Gasteiger partial charge in [0.05, 0.1) is 10.7 Å². The minimum atomic E-state index is -0.191. The van der Waals surface area contributed by atoms with Crippen LogP contribution in [0.3, 0.4) is 0 Å². The normalized spacial score (nSPS) is 10.3. The van der Waals surface area contributed by atoms with Crippen molar-refractivity contribution < 1.29 is 0 Å². The fourth-order valence-corrected chi connectivity index (χ4v) is 2.28. The van der Waals surface area contributed by atoms with Gasteiger partial charge < -0.3 is 10.4 Å². The summed E-state index contributed by atoms with van der Waals surface area (Å²) in [6, 6.07) is 4.74. The molecule has 0 aliphatic rings. The van der Waals surface area contributed by atoms with Crippen molar-refractivity contribution in [3.05, 3.63) is 45.5 Å². The fourth-order valence-electron chi connectivity index (χ4n) is 1.23. The third kappa shape index (κ3) is 3.22. The van der Waals surface area contributed by atoms with E-state index in [-0.39, 0.29) is 5.56 Å². The number of hydrazine groups is 1.